The van der Waals surface area contributed by atoms with Gasteiger partial charge in [-0.15, -0.1) is 0 Å². The number of rotatable bonds is 3. The van der Waals surface area contributed by atoms with E-state index in [2.05, 4.69) is 33.0 Å². The lowest BCUT2D eigenvalue weighted by Crippen LogP contribution is -2.31. The molecule has 0 aromatic heterocycles. The Morgan fingerprint density at radius 3 is 2.39 bits per heavy atom. The molecular formula is C15H21NO2. The van der Waals surface area contributed by atoms with Crippen LogP contribution in [0.1, 0.15) is 33.3 Å². The molecule has 1 fully saturated rings. The molecule has 0 atom stereocenters. The second-order valence-corrected chi connectivity index (χ2v) is 6.29. The van der Waals surface area contributed by atoms with Crippen LogP contribution in [0.2, 0.25) is 0 Å². The van der Waals surface area contributed by atoms with Crippen LogP contribution in [-0.2, 0) is 11.2 Å². The van der Waals surface area contributed by atoms with Gasteiger partial charge in [-0.3, -0.25) is 4.79 Å². The van der Waals surface area contributed by atoms with Gasteiger partial charge in [-0.05, 0) is 28.5 Å². The van der Waals surface area contributed by atoms with Gasteiger partial charge in [0.05, 0.1) is 6.42 Å². The largest absolute Gasteiger partial charge is 0.508 e. The number of phenols is 1. The van der Waals surface area contributed by atoms with Gasteiger partial charge in [0.25, 0.3) is 0 Å². The summed E-state index contributed by atoms with van der Waals surface area (Å²) >= 11 is 0. The van der Waals surface area contributed by atoms with Crippen molar-refractivity contribution in [1.29, 1.82) is 0 Å². The predicted octanol–water partition coefficient (Wildman–Crippen LogP) is 2.49. The van der Waals surface area contributed by atoms with Gasteiger partial charge in [-0.25, -0.2) is 0 Å². The number of benzene rings is 1. The van der Waals surface area contributed by atoms with Crippen molar-refractivity contribution in [3.05, 3.63) is 29.8 Å². The third-order valence-corrected chi connectivity index (χ3v) is 4.60. The number of hydrogen-bond acceptors (Lipinski definition) is 2. The van der Waals surface area contributed by atoms with Crippen molar-refractivity contribution in [2.24, 2.45) is 10.8 Å². The van der Waals surface area contributed by atoms with E-state index in [0.717, 1.165) is 5.56 Å². The minimum absolute atomic E-state index is 0.0178. The second-order valence-electron chi connectivity index (χ2n) is 6.29. The summed E-state index contributed by atoms with van der Waals surface area (Å²) < 4.78 is 0. The number of carbonyl (C=O) groups is 1. The van der Waals surface area contributed by atoms with Gasteiger partial charge in [-0.2, -0.15) is 0 Å². The minimum Gasteiger partial charge on any atom is -0.508 e. The van der Waals surface area contributed by atoms with E-state index in [9.17, 15) is 9.90 Å². The fourth-order valence-electron chi connectivity index (χ4n) is 2.62. The Hall–Kier alpha value is -1.51. The molecule has 18 heavy (non-hydrogen) atoms. The maximum Gasteiger partial charge on any atom is 0.224 e. The van der Waals surface area contributed by atoms with Crippen molar-refractivity contribution in [2.45, 2.75) is 40.2 Å². The van der Waals surface area contributed by atoms with Gasteiger partial charge >= 0.3 is 0 Å². The lowest BCUT2D eigenvalue weighted by molar-refractivity contribution is -0.120. The van der Waals surface area contributed by atoms with Crippen LogP contribution < -0.4 is 5.32 Å². The van der Waals surface area contributed by atoms with Crippen LogP contribution >= 0.6 is 0 Å². The first-order chi connectivity index (χ1) is 8.25. The Labute approximate surface area is 108 Å². The Morgan fingerprint density at radius 1 is 1.28 bits per heavy atom. The highest BCUT2D eigenvalue weighted by molar-refractivity contribution is 5.79. The normalized spacial score (nSPS) is 20.4. The molecule has 0 radical (unpaired) electrons. The van der Waals surface area contributed by atoms with Crippen LogP contribution in [0.5, 0.6) is 5.75 Å². The first-order valence-electron chi connectivity index (χ1n) is 6.32. The number of nitrogens with one attached hydrogen (secondary N) is 1. The van der Waals surface area contributed by atoms with Crippen LogP contribution in [0.25, 0.3) is 0 Å². The highest BCUT2D eigenvalue weighted by Crippen LogP contribution is 2.62. The monoisotopic (exact) mass is 247 g/mol. The summed E-state index contributed by atoms with van der Waals surface area (Å²) in [5.74, 6) is 0.219. The Morgan fingerprint density at radius 2 is 1.89 bits per heavy atom. The van der Waals surface area contributed by atoms with Crippen LogP contribution in [0, 0.1) is 10.8 Å². The lowest BCUT2D eigenvalue weighted by atomic mass is 10.0. The molecule has 98 valence electrons. The van der Waals surface area contributed by atoms with E-state index in [0.29, 0.717) is 6.42 Å². The zero-order valence-electron chi connectivity index (χ0n) is 11.4. The maximum absolute atomic E-state index is 12.0. The molecule has 2 N–H and O–H groups in total. The third-order valence-electron chi connectivity index (χ3n) is 4.60. The van der Waals surface area contributed by atoms with Gasteiger partial charge in [0.15, 0.2) is 0 Å². The summed E-state index contributed by atoms with van der Waals surface area (Å²) in [5.41, 5.74) is 1.15. The SMILES string of the molecule is CC1(C)C(NC(=O)Cc2cccc(O)c2)C1(C)C. The fourth-order valence-corrected chi connectivity index (χ4v) is 2.62. The molecule has 0 saturated heterocycles. The lowest BCUT2D eigenvalue weighted by Gasteiger charge is -2.07. The minimum atomic E-state index is 0.0178. The van der Waals surface area contributed by atoms with Crippen LogP contribution in [0.15, 0.2) is 24.3 Å². The van der Waals surface area contributed by atoms with Crippen LogP contribution in [0.3, 0.4) is 0 Å². The summed E-state index contributed by atoms with van der Waals surface area (Å²) in [7, 11) is 0. The zero-order valence-corrected chi connectivity index (χ0v) is 11.4. The van der Waals surface area contributed by atoms with Gasteiger partial charge in [0, 0.05) is 6.04 Å². The second kappa shape index (κ2) is 4.01. The molecule has 0 bridgehead atoms. The molecule has 3 heteroatoms. The van der Waals surface area contributed by atoms with Gasteiger partial charge in [0.1, 0.15) is 5.75 Å². The van der Waals surface area contributed by atoms with E-state index in [1.807, 2.05) is 6.07 Å². The van der Waals surface area contributed by atoms with E-state index in [1.165, 1.54) is 0 Å². The average molecular weight is 247 g/mol. The Bertz CT molecular complexity index is 463. The summed E-state index contributed by atoms with van der Waals surface area (Å²) in [5, 5.41) is 12.4. The van der Waals surface area contributed by atoms with E-state index >= 15 is 0 Å². The van der Waals surface area contributed by atoms with Crippen LogP contribution in [0.4, 0.5) is 0 Å². The van der Waals surface area contributed by atoms with Crippen molar-refractivity contribution in [1.82, 2.24) is 5.32 Å². The van der Waals surface area contributed by atoms with Crippen LogP contribution in [-0.4, -0.2) is 17.1 Å². The van der Waals surface area contributed by atoms with Crippen molar-refractivity contribution < 1.29 is 9.90 Å². The summed E-state index contributed by atoms with van der Waals surface area (Å²) in [6.07, 6.45) is 0.317. The molecule has 1 amide bonds. The number of amides is 1. The van der Waals surface area contributed by atoms with Crippen molar-refractivity contribution >= 4 is 5.91 Å². The molecule has 2 rings (SSSR count). The zero-order chi connectivity index (χ0) is 13.6. The highest BCUT2D eigenvalue weighted by atomic mass is 16.3. The Kier molecular flexibility index (Phi) is 2.88. The molecule has 3 nitrogen and oxygen atoms in total. The number of hydrogen-bond donors (Lipinski definition) is 2. The number of phenolic OH excluding ortho intramolecular Hbond substituents is 1. The quantitative estimate of drug-likeness (QED) is 0.862. The average Bonchev–Trinajstić information content (AvgIpc) is 2.61. The van der Waals surface area contributed by atoms with Crippen molar-refractivity contribution in [2.75, 3.05) is 0 Å². The van der Waals surface area contributed by atoms with E-state index < -0.39 is 0 Å². The van der Waals surface area contributed by atoms with E-state index in [-0.39, 0.29) is 28.5 Å². The molecule has 1 aromatic rings. The maximum atomic E-state index is 12.0. The predicted molar refractivity (Wildman–Crippen MR) is 71.3 cm³/mol. The first kappa shape index (κ1) is 12.9. The molecule has 1 aliphatic carbocycles. The standard InChI is InChI=1S/C15H21NO2/c1-14(2)13(15(14,3)4)16-12(18)9-10-6-5-7-11(17)8-10/h5-8,13,17H,9H2,1-4H3,(H,16,18). The van der Waals surface area contributed by atoms with Gasteiger partial charge in [-0.1, -0.05) is 39.8 Å². The van der Waals surface area contributed by atoms with Crippen molar-refractivity contribution in [3.63, 3.8) is 0 Å². The van der Waals surface area contributed by atoms with Gasteiger partial charge < -0.3 is 10.4 Å². The summed E-state index contributed by atoms with van der Waals surface area (Å²) in [4.78, 5) is 12.0. The van der Waals surface area contributed by atoms with Gasteiger partial charge in [0.2, 0.25) is 5.91 Å². The van der Waals surface area contributed by atoms with E-state index in [4.69, 9.17) is 0 Å². The molecule has 1 aliphatic rings. The molecule has 0 heterocycles. The number of aromatic hydroxyl groups is 1. The molecule has 0 aliphatic heterocycles. The molecular weight excluding hydrogens is 226 g/mol. The first-order valence-corrected chi connectivity index (χ1v) is 6.32. The summed E-state index contributed by atoms with van der Waals surface area (Å²) in [6.45, 7) is 8.69. The highest BCUT2D eigenvalue weighted by Gasteiger charge is 2.65. The fraction of sp³-hybridized carbons (Fsp3) is 0.533. The summed E-state index contributed by atoms with van der Waals surface area (Å²) in [6, 6.07) is 7.07. The molecule has 1 aromatic carbocycles. The molecule has 1 saturated carbocycles. The number of carbonyl (C=O) groups excluding carboxylic acids is 1. The topological polar surface area (TPSA) is 49.3 Å². The van der Waals surface area contributed by atoms with Crippen molar-refractivity contribution in [3.8, 4) is 5.75 Å². The molecule has 0 unspecified atom stereocenters. The smallest absolute Gasteiger partial charge is 0.224 e. The third kappa shape index (κ3) is 2.09. The Balaban J connectivity index is 1.95. The molecule has 0 spiro atoms. The van der Waals surface area contributed by atoms with E-state index in [1.54, 1.807) is 18.2 Å².